The van der Waals surface area contributed by atoms with E-state index in [1.54, 1.807) is 12.4 Å². The van der Waals surface area contributed by atoms with E-state index < -0.39 is 21.0 Å². The monoisotopic (exact) mass is 457 g/mol. The number of ether oxygens (including phenoxy) is 1. The van der Waals surface area contributed by atoms with Gasteiger partial charge in [-0.3, -0.25) is 10.1 Å². The number of nitro benzene ring substituents is 1. The highest BCUT2D eigenvalue weighted by atomic mass is 32.2. The topological polar surface area (TPSA) is 120 Å². The second-order valence-electron chi connectivity index (χ2n) is 7.34. The van der Waals surface area contributed by atoms with E-state index in [4.69, 9.17) is 4.74 Å². The van der Waals surface area contributed by atoms with Gasteiger partial charge < -0.3 is 14.6 Å². The first kappa shape index (κ1) is 21.9. The van der Waals surface area contributed by atoms with E-state index in [1.807, 2.05) is 41.9 Å². The molecule has 1 atom stereocenters. The number of hydrogen-bond donors (Lipinski definition) is 1. The van der Waals surface area contributed by atoms with Gasteiger partial charge in [-0.2, -0.15) is 4.31 Å². The van der Waals surface area contributed by atoms with Gasteiger partial charge in [0.15, 0.2) is 0 Å². The van der Waals surface area contributed by atoms with Crippen LogP contribution in [0.1, 0.15) is 17.4 Å². The molecule has 11 heteroatoms. The quantitative estimate of drug-likeness (QED) is 0.428. The SMILES string of the molecule is Cn1ccnc1[C@@H](Nc1ccc([N+](=O)[O-])cc1S(=O)(=O)N1CCOCC1)c1ccccc1. The number of nitro groups is 1. The Morgan fingerprint density at radius 2 is 1.88 bits per heavy atom. The van der Waals surface area contributed by atoms with Crippen molar-refractivity contribution >= 4 is 21.4 Å². The molecule has 0 bridgehead atoms. The lowest BCUT2D eigenvalue weighted by Gasteiger charge is -2.28. The Bertz CT molecular complexity index is 1210. The largest absolute Gasteiger partial charge is 0.379 e. The summed E-state index contributed by atoms with van der Waals surface area (Å²) in [5, 5.41) is 14.7. The number of aromatic nitrogens is 2. The number of non-ortho nitro benzene ring substituents is 1. The molecule has 1 aromatic heterocycles. The highest BCUT2D eigenvalue weighted by Crippen LogP contribution is 2.33. The summed E-state index contributed by atoms with van der Waals surface area (Å²) in [5.41, 5.74) is 0.837. The summed E-state index contributed by atoms with van der Waals surface area (Å²) < 4.78 is 35.3. The Labute approximate surface area is 185 Å². The van der Waals surface area contributed by atoms with Crippen molar-refractivity contribution in [3.8, 4) is 0 Å². The van der Waals surface area contributed by atoms with E-state index in [9.17, 15) is 18.5 Å². The average Bonchev–Trinajstić information content (AvgIpc) is 3.24. The number of benzene rings is 2. The molecule has 2 aromatic carbocycles. The fraction of sp³-hybridized carbons (Fsp3) is 0.286. The Kier molecular flexibility index (Phi) is 6.21. The Morgan fingerprint density at radius 3 is 2.50 bits per heavy atom. The van der Waals surface area contributed by atoms with Crippen LogP contribution in [-0.4, -0.2) is 53.5 Å². The molecule has 4 rings (SSSR count). The molecule has 2 heterocycles. The van der Waals surface area contributed by atoms with Crippen molar-refractivity contribution in [3.63, 3.8) is 0 Å². The van der Waals surface area contributed by atoms with Crippen molar-refractivity contribution in [2.24, 2.45) is 7.05 Å². The van der Waals surface area contributed by atoms with Crippen LogP contribution in [0.5, 0.6) is 0 Å². The van der Waals surface area contributed by atoms with Crippen LogP contribution in [0.15, 0.2) is 65.8 Å². The minimum atomic E-state index is -4.00. The minimum Gasteiger partial charge on any atom is -0.379 e. The van der Waals surface area contributed by atoms with Crippen molar-refractivity contribution in [2.45, 2.75) is 10.9 Å². The van der Waals surface area contributed by atoms with Crippen molar-refractivity contribution in [2.75, 3.05) is 31.6 Å². The summed E-state index contributed by atoms with van der Waals surface area (Å²) in [7, 11) is -2.15. The van der Waals surface area contributed by atoms with Crippen LogP contribution >= 0.6 is 0 Å². The lowest BCUT2D eigenvalue weighted by Crippen LogP contribution is -2.40. The standard InChI is InChI=1S/C21H23N5O5S/c1-24-10-9-22-21(24)20(16-5-3-2-4-6-16)23-18-8-7-17(26(27)28)15-19(18)32(29,30)25-11-13-31-14-12-25/h2-10,15,20,23H,11-14H2,1H3/t20-/m0/s1. The maximum Gasteiger partial charge on any atom is 0.270 e. The second-order valence-corrected chi connectivity index (χ2v) is 9.24. The molecule has 10 nitrogen and oxygen atoms in total. The van der Waals surface area contributed by atoms with Gasteiger partial charge in [0.05, 0.1) is 23.8 Å². The van der Waals surface area contributed by atoms with Gasteiger partial charge in [0.2, 0.25) is 10.0 Å². The fourth-order valence-electron chi connectivity index (χ4n) is 3.64. The number of sulfonamides is 1. The molecule has 3 aromatic rings. The molecule has 1 aliphatic rings. The fourth-order valence-corrected chi connectivity index (χ4v) is 5.22. The molecule has 1 N–H and O–H groups in total. The second kappa shape index (κ2) is 9.07. The minimum absolute atomic E-state index is 0.149. The van der Waals surface area contributed by atoms with E-state index in [1.165, 1.54) is 16.4 Å². The van der Waals surface area contributed by atoms with Gasteiger partial charge in [0, 0.05) is 44.7 Å². The van der Waals surface area contributed by atoms with Crippen LogP contribution in [-0.2, 0) is 21.8 Å². The Morgan fingerprint density at radius 1 is 1.16 bits per heavy atom. The van der Waals surface area contributed by atoms with Crippen molar-refractivity contribution in [1.29, 1.82) is 0 Å². The van der Waals surface area contributed by atoms with Gasteiger partial charge in [0.25, 0.3) is 5.69 Å². The number of anilines is 1. The van der Waals surface area contributed by atoms with Gasteiger partial charge in [-0.25, -0.2) is 13.4 Å². The van der Waals surface area contributed by atoms with Crippen LogP contribution in [0.3, 0.4) is 0 Å². The third-order valence-corrected chi connectivity index (χ3v) is 7.25. The van der Waals surface area contributed by atoms with Crippen LogP contribution in [0.2, 0.25) is 0 Å². The summed E-state index contributed by atoms with van der Waals surface area (Å²) in [6.45, 7) is 0.922. The predicted octanol–water partition coefficient (Wildman–Crippen LogP) is 2.55. The number of aryl methyl sites for hydroxylation is 1. The molecule has 1 fully saturated rings. The number of nitrogens with one attached hydrogen (secondary N) is 1. The molecule has 168 valence electrons. The lowest BCUT2D eigenvalue weighted by atomic mass is 10.1. The molecule has 1 saturated heterocycles. The van der Waals surface area contributed by atoms with Gasteiger partial charge >= 0.3 is 0 Å². The number of nitrogens with zero attached hydrogens (tertiary/aromatic N) is 4. The predicted molar refractivity (Wildman–Crippen MR) is 118 cm³/mol. The number of hydrogen-bond acceptors (Lipinski definition) is 7. The van der Waals surface area contributed by atoms with E-state index in [0.29, 0.717) is 5.82 Å². The first-order chi connectivity index (χ1) is 15.4. The van der Waals surface area contributed by atoms with Crippen LogP contribution in [0.25, 0.3) is 0 Å². The molecule has 0 saturated carbocycles. The number of rotatable bonds is 7. The van der Waals surface area contributed by atoms with Crippen LogP contribution in [0.4, 0.5) is 11.4 Å². The van der Waals surface area contributed by atoms with Gasteiger partial charge in [-0.1, -0.05) is 30.3 Å². The van der Waals surface area contributed by atoms with E-state index in [2.05, 4.69) is 10.3 Å². The van der Waals surface area contributed by atoms with Crippen molar-refractivity contribution < 1.29 is 18.1 Å². The summed E-state index contributed by atoms with van der Waals surface area (Å²) in [6.07, 6.45) is 3.46. The van der Waals surface area contributed by atoms with Crippen molar-refractivity contribution in [1.82, 2.24) is 13.9 Å². The number of morpholine rings is 1. The normalized spacial score (nSPS) is 15.9. The summed E-state index contributed by atoms with van der Waals surface area (Å²) in [4.78, 5) is 15.1. The van der Waals surface area contributed by atoms with Crippen LogP contribution < -0.4 is 5.32 Å². The van der Waals surface area contributed by atoms with Gasteiger partial charge in [-0.15, -0.1) is 0 Å². The molecular weight excluding hydrogens is 434 g/mol. The Hall–Kier alpha value is -3.28. The lowest BCUT2D eigenvalue weighted by molar-refractivity contribution is -0.385. The zero-order valence-electron chi connectivity index (χ0n) is 17.4. The smallest absolute Gasteiger partial charge is 0.270 e. The van der Waals surface area contributed by atoms with E-state index in [-0.39, 0.29) is 42.6 Å². The van der Waals surface area contributed by atoms with Crippen molar-refractivity contribution in [3.05, 3.63) is 82.4 Å². The summed E-state index contributed by atoms with van der Waals surface area (Å²) >= 11 is 0. The third kappa shape index (κ3) is 4.35. The zero-order chi connectivity index (χ0) is 22.7. The van der Waals surface area contributed by atoms with Crippen LogP contribution in [0, 0.1) is 10.1 Å². The summed E-state index contributed by atoms with van der Waals surface area (Å²) in [6, 6.07) is 12.8. The Balaban J connectivity index is 1.81. The molecule has 1 aliphatic heterocycles. The zero-order valence-corrected chi connectivity index (χ0v) is 18.2. The maximum atomic E-state index is 13.4. The van der Waals surface area contributed by atoms with E-state index in [0.717, 1.165) is 11.6 Å². The van der Waals surface area contributed by atoms with E-state index >= 15 is 0 Å². The third-order valence-electron chi connectivity index (χ3n) is 5.31. The molecule has 0 radical (unpaired) electrons. The molecule has 0 amide bonds. The molecule has 0 aliphatic carbocycles. The molecule has 32 heavy (non-hydrogen) atoms. The average molecular weight is 458 g/mol. The first-order valence-electron chi connectivity index (χ1n) is 10.0. The number of imidazole rings is 1. The molecular formula is C21H23N5O5S. The highest BCUT2D eigenvalue weighted by molar-refractivity contribution is 7.89. The molecule has 0 unspecified atom stereocenters. The highest BCUT2D eigenvalue weighted by Gasteiger charge is 2.31. The van der Waals surface area contributed by atoms with Gasteiger partial charge in [0.1, 0.15) is 16.8 Å². The van der Waals surface area contributed by atoms with Gasteiger partial charge in [-0.05, 0) is 11.6 Å². The summed E-state index contributed by atoms with van der Waals surface area (Å²) in [5.74, 6) is 0.671. The molecule has 0 spiro atoms. The maximum absolute atomic E-state index is 13.4. The first-order valence-corrected chi connectivity index (χ1v) is 11.5.